The van der Waals surface area contributed by atoms with E-state index in [1.54, 1.807) is 13.2 Å². The minimum Gasteiger partial charge on any atom is -0.497 e. The molecule has 0 aliphatic heterocycles. The summed E-state index contributed by atoms with van der Waals surface area (Å²) in [6.07, 6.45) is 0. The summed E-state index contributed by atoms with van der Waals surface area (Å²) in [6.45, 7) is 0. The van der Waals surface area contributed by atoms with Crippen molar-refractivity contribution in [2.24, 2.45) is 5.73 Å². The minimum atomic E-state index is -0.498. The van der Waals surface area contributed by atoms with Crippen molar-refractivity contribution >= 4 is 22.9 Å². The van der Waals surface area contributed by atoms with E-state index in [9.17, 15) is 4.79 Å². The Morgan fingerprint density at radius 3 is 2.71 bits per heavy atom. The summed E-state index contributed by atoms with van der Waals surface area (Å²) in [5.74, 6) is 0.261. The molecule has 4 nitrogen and oxygen atoms in total. The molecule has 0 aliphatic carbocycles. The SMILES string of the molecule is COc1cccc(-c2cc(N)c(C(N)=O)s2)c1. The summed E-state index contributed by atoms with van der Waals surface area (Å²) in [6, 6.07) is 9.30. The number of thiophene rings is 1. The molecular formula is C12H12N2O2S. The van der Waals surface area contributed by atoms with Gasteiger partial charge in [-0.15, -0.1) is 11.3 Å². The fraction of sp³-hybridized carbons (Fsp3) is 0.0833. The van der Waals surface area contributed by atoms with Crippen LogP contribution < -0.4 is 16.2 Å². The highest BCUT2D eigenvalue weighted by Crippen LogP contribution is 2.34. The summed E-state index contributed by atoms with van der Waals surface area (Å²) >= 11 is 1.28. The largest absolute Gasteiger partial charge is 0.497 e. The lowest BCUT2D eigenvalue weighted by molar-refractivity contribution is 0.100. The van der Waals surface area contributed by atoms with E-state index in [-0.39, 0.29) is 0 Å². The molecule has 0 fully saturated rings. The van der Waals surface area contributed by atoms with Gasteiger partial charge in [-0.2, -0.15) is 0 Å². The Morgan fingerprint density at radius 2 is 2.12 bits per heavy atom. The van der Waals surface area contributed by atoms with Crippen LogP contribution in [0.4, 0.5) is 5.69 Å². The van der Waals surface area contributed by atoms with E-state index in [0.717, 1.165) is 16.2 Å². The summed E-state index contributed by atoms with van der Waals surface area (Å²) < 4.78 is 5.14. The zero-order valence-corrected chi connectivity index (χ0v) is 10.1. The maximum atomic E-state index is 11.1. The molecule has 2 rings (SSSR count). The monoisotopic (exact) mass is 248 g/mol. The van der Waals surface area contributed by atoms with Crippen molar-refractivity contribution < 1.29 is 9.53 Å². The smallest absolute Gasteiger partial charge is 0.260 e. The summed E-state index contributed by atoms with van der Waals surface area (Å²) in [7, 11) is 1.61. The number of hydrogen-bond donors (Lipinski definition) is 2. The highest BCUT2D eigenvalue weighted by molar-refractivity contribution is 7.18. The van der Waals surface area contributed by atoms with Crippen molar-refractivity contribution in [3.05, 3.63) is 35.2 Å². The molecule has 5 heteroatoms. The van der Waals surface area contributed by atoms with Crippen molar-refractivity contribution in [3.8, 4) is 16.2 Å². The van der Waals surface area contributed by atoms with Gasteiger partial charge in [-0.25, -0.2) is 0 Å². The molecule has 0 spiro atoms. The van der Waals surface area contributed by atoms with Crippen LogP contribution in [0.3, 0.4) is 0 Å². The summed E-state index contributed by atoms with van der Waals surface area (Å²) in [4.78, 5) is 12.4. The lowest BCUT2D eigenvalue weighted by atomic mass is 10.2. The van der Waals surface area contributed by atoms with E-state index >= 15 is 0 Å². The Hall–Kier alpha value is -2.01. The Kier molecular flexibility index (Phi) is 3.01. The van der Waals surface area contributed by atoms with E-state index in [0.29, 0.717) is 10.6 Å². The molecular weight excluding hydrogens is 236 g/mol. The molecule has 0 atom stereocenters. The maximum absolute atomic E-state index is 11.1. The third-order valence-electron chi connectivity index (χ3n) is 2.34. The summed E-state index contributed by atoms with van der Waals surface area (Å²) in [5, 5.41) is 0. The number of ether oxygens (including phenoxy) is 1. The second kappa shape index (κ2) is 4.47. The Bertz CT molecular complexity index is 563. The van der Waals surface area contributed by atoms with Crippen LogP contribution in [0.15, 0.2) is 30.3 Å². The molecule has 0 saturated carbocycles. The van der Waals surface area contributed by atoms with Crippen molar-refractivity contribution in [1.82, 2.24) is 0 Å². The number of hydrogen-bond acceptors (Lipinski definition) is 4. The van der Waals surface area contributed by atoms with Crippen LogP contribution in [-0.2, 0) is 0 Å². The molecule has 1 aromatic carbocycles. The minimum absolute atomic E-state index is 0.391. The van der Waals surface area contributed by atoms with E-state index in [4.69, 9.17) is 16.2 Å². The molecule has 0 unspecified atom stereocenters. The van der Waals surface area contributed by atoms with Gasteiger partial charge in [-0.05, 0) is 23.8 Å². The van der Waals surface area contributed by atoms with Gasteiger partial charge < -0.3 is 16.2 Å². The van der Waals surface area contributed by atoms with Gasteiger partial charge in [0.15, 0.2) is 0 Å². The van der Waals surface area contributed by atoms with E-state index in [2.05, 4.69) is 0 Å². The van der Waals surface area contributed by atoms with Gasteiger partial charge in [0.2, 0.25) is 0 Å². The van der Waals surface area contributed by atoms with Crippen LogP contribution >= 0.6 is 11.3 Å². The molecule has 0 radical (unpaired) electrons. The zero-order valence-electron chi connectivity index (χ0n) is 9.27. The number of nitrogens with two attached hydrogens (primary N) is 2. The van der Waals surface area contributed by atoms with Crippen LogP contribution in [0.1, 0.15) is 9.67 Å². The van der Waals surface area contributed by atoms with E-state index in [1.165, 1.54) is 11.3 Å². The number of methoxy groups -OCH3 is 1. The molecule has 0 aliphatic rings. The van der Waals surface area contributed by atoms with Gasteiger partial charge in [-0.1, -0.05) is 12.1 Å². The number of carbonyl (C=O) groups excluding carboxylic acids is 1. The van der Waals surface area contributed by atoms with Crippen LogP contribution in [0.2, 0.25) is 0 Å². The fourth-order valence-electron chi connectivity index (χ4n) is 1.52. The van der Waals surface area contributed by atoms with Gasteiger partial charge in [0.05, 0.1) is 12.8 Å². The standard InChI is InChI=1S/C12H12N2O2S/c1-16-8-4-2-3-7(5-8)10-6-9(13)11(17-10)12(14)15/h2-6H,13H2,1H3,(H2,14,15). The first kappa shape index (κ1) is 11.5. The Balaban J connectivity index is 2.46. The average Bonchev–Trinajstić information content (AvgIpc) is 2.71. The number of rotatable bonds is 3. The normalized spacial score (nSPS) is 10.2. The van der Waals surface area contributed by atoms with Crippen molar-refractivity contribution in [3.63, 3.8) is 0 Å². The Labute approximate surface area is 103 Å². The van der Waals surface area contributed by atoms with Gasteiger partial charge in [0.25, 0.3) is 5.91 Å². The second-order valence-corrected chi connectivity index (χ2v) is 4.54. The molecule has 1 amide bonds. The van der Waals surface area contributed by atoms with E-state index in [1.807, 2.05) is 24.3 Å². The molecule has 0 saturated heterocycles. The van der Waals surface area contributed by atoms with Crippen LogP contribution in [0, 0.1) is 0 Å². The van der Waals surface area contributed by atoms with Gasteiger partial charge in [0, 0.05) is 4.88 Å². The van der Waals surface area contributed by atoms with Crippen molar-refractivity contribution in [2.75, 3.05) is 12.8 Å². The third kappa shape index (κ3) is 2.24. The number of amides is 1. The number of benzene rings is 1. The van der Waals surface area contributed by atoms with E-state index < -0.39 is 5.91 Å². The van der Waals surface area contributed by atoms with Crippen molar-refractivity contribution in [2.45, 2.75) is 0 Å². The third-order valence-corrected chi connectivity index (χ3v) is 3.55. The molecule has 4 N–H and O–H groups in total. The first-order chi connectivity index (χ1) is 8.11. The highest BCUT2D eigenvalue weighted by atomic mass is 32.1. The average molecular weight is 248 g/mol. The van der Waals surface area contributed by atoms with Gasteiger partial charge >= 0.3 is 0 Å². The second-order valence-electron chi connectivity index (χ2n) is 3.49. The highest BCUT2D eigenvalue weighted by Gasteiger charge is 2.12. The van der Waals surface area contributed by atoms with Crippen molar-refractivity contribution in [1.29, 1.82) is 0 Å². The predicted molar refractivity (Wildman–Crippen MR) is 69.2 cm³/mol. The van der Waals surface area contributed by atoms with Gasteiger partial charge in [-0.3, -0.25) is 4.79 Å². The molecule has 0 bridgehead atoms. The van der Waals surface area contributed by atoms with Gasteiger partial charge in [0.1, 0.15) is 10.6 Å². The number of carbonyl (C=O) groups is 1. The first-order valence-electron chi connectivity index (χ1n) is 4.95. The number of anilines is 1. The molecule has 1 heterocycles. The van der Waals surface area contributed by atoms with Crippen LogP contribution in [-0.4, -0.2) is 13.0 Å². The zero-order chi connectivity index (χ0) is 12.4. The fourth-order valence-corrected chi connectivity index (χ4v) is 2.44. The lowest BCUT2D eigenvalue weighted by Gasteiger charge is -2.01. The number of primary amides is 1. The lowest BCUT2D eigenvalue weighted by Crippen LogP contribution is -2.10. The first-order valence-corrected chi connectivity index (χ1v) is 5.77. The molecule has 1 aromatic heterocycles. The molecule has 17 heavy (non-hydrogen) atoms. The predicted octanol–water partition coefficient (Wildman–Crippen LogP) is 2.10. The van der Waals surface area contributed by atoms with Crippen LogP contribution in [0.5, 0.6) is 5.75 Å². The van der Waals surface area contributed by atoms with Crippen LogP contribution in [0.25, 0.3) is 10.4 Å². The summed E-state index contributed by atoms with van der Waals surface area (Å²) in [5.41, 5.74) is 12.3. The number of nitrogen functional groups attached to an aromatic ring is 1. The molecule has 88 valence electrons. The Morgan fingerprint density at radius 1 is 1.35 bits per heavy atom. The topological polar surface area (TPSA) is 78.3 Å². The maximum Gasteiger partial charge on any atom is 0.260 e. The quantitative estimate of drug-likeness (QED) is 0.873. The molecule has 2 aromatic rings.